The predicted molar refractivity (Wildman–Crippen MR) is 92.4 cm³/mol. The van der Waals surface area contributed by atoms with Gasteiger partial charge in [-0.05, 0) is 31.2 Å². The number of amides is 1. The summed E-state index contributed by atoms with van der Waals surface area (Å²) in [4.78, 5) is 15.1. The van der Waals surface area contributed by atoms with E-state index in [4.69, 9.17) is 0 Å². The Bertz CT molecular complexity index is 705. The molecule has 1 aromatic rings. The molecule has 0 N–H and O–H groups in total. The Morgan fingerprint density at radius 3 is 2.33 bits per heavy atom. The molecule has 1 atom stereocenters. The van der Waals surface area contributed by atoms with Crippen molar-refractivity contribution in [2.24, 2.45) is 0 Å². The zero-order valence-electron chi connectivity index (χ0n) is 14.3. The first-order chi connectivity index (χ1) is 11.4. The van der Waals surface area contributed by atoms with Crippen LogP contribution in [0, 0.1) is 0 Å². The number of benzene rings is 1. The van der Waals surface area contributed by atoms with Gasteiger partial charge >= 0.3 is 0 Å². The molecule has 3 rings (SSSR count). The number of hydrogen-bond donors (Lipinski definition) is 0. The molecule has 2 heterocycles. The molecule has 2 saturated heterocycles. The monoisotopic (exact) mass is 351 g/mol. The Hall–Kier alpha value is -1.44. The summed E-state index contributed by atoms with van der Waals surface area (Å²) < 4.78 is 28.1. The lowest BCUT2D eigenvalue weighted by molar-refractivity contribution is -0.145. The van der Waals surface area contributed by atoms with E-state index in [1.165, 1.54) is 22.7 Å². The molecule has 1 aromatic carbocycles. The van der Waals surface area contributed by atoms with Crippen molar-refractivity contribution in [1.82, 2.24) is 13.5 Å². The molecule has 0 aliphatic carbocycles. The summed E-state index contributed by atoms with van der Waals surface area (Å²) in [5, 5.41) is 0. The molecule has 0 bridgehead atoms. The number of carbonyl (C=O) groups excluding carboxylic acids is 1. The first kappa shape index (κ1) is 17.4. The highest BCUT2D eigenvalue weighted by atomic mass is 32.2. The third kappa shape index (κ3) is 2.85. The van der Waals surface area contributed by atoms with Crippen molar-refractivity contribution < 1.29 is 13.2 Å². The lowest BCUT2D eigenvalue weighted by Crippen LogP contribution is -2.62. The first-order valence-electron chi connectivity index (χ1n) is 8.41. The molecule has 1 spiro atoms. The zero-order valence-corrected chi connectivity index (χ0v) is 15.1. The van der Waals surface area contributed by atoms with Gasteiger partial charge in [-0.3, -0.25) is 4.79 Å². The lowest BCUT2D eigenvalue weighted by atomic mass is 9.86. The molecule has 6 nitrogen and oxygen atoms in total. The Morgan fingerprint density at radius 2 is 1.71 bits per heavy atom. The summed E-state index contributed by atoms with van der Waals surface area (Å²) in [5.74, 6) is -0.0412. The second-order valence-corrected chi connectivity index (χ2v) is 8.88. The molecule has 0 aromatic heterocycles. The van der Waals surface area contributed by atoms with Crippen LogP contribution < -0.4 is 0 Å². The van der Waals surface area contributed by atoms with Gasteiger partial charge < -0.3 is 4.90 Å². The maximum atomic E-state index is 13.2. The molecular formula is C17H25N3O3S. The summed E-state index contributed by atoms with van der Waals surface area (Å²) in [5.41, 5.74) is 0.179. The molecule has 0 saturated carbocycles. The Balaban J connectivity index is 1.88. The van der Waals surface area contributed by atoms with Gasteiger partial charge in [-0.2, -0.15) is 17.0 Å². The summed E-state index contributed by atoms with van der Waals surface area (Å²) >= 11 is 0. The summed E-state index contributed by atoms with van der Waals surface area (Å²) in [6.07, 6.45) is 2.80. The van der Waals surface area contributed by atoms with Crippen LogP contribution in [0.4, 0.5) is 0 Å². The molecule has 2 fully saturated rings. The van der Waals surface area contributed by atoms with Crippen LogP contribution >= 0.6 is 0 Å². The van der Waals surface area contributed by atoms with Crippen molar-refractivity contribution in [3.8, 4) is 0 Å². The lowest BCUT2D eigenvalue weighted by Gasteiger charge is -2.44. The van der Waals surface area contributed by atoms with Crippen molar-refractivity contribution in [3.05, 3.63) is 35.9 Å². The van der Waals surface area contributed by atoms with Gasteiger partial charge in [-0.15, -0.1) is 0 Å². The molecule has 1 amide bonds. The topological polar surface area (TPSA) is 60.9 Å². The standard InChI is InChI=1S/C17H25N3O3S/c1-18(2)24(22,23)20-13-7-11-17(20)10-6-12-19(16(17)21)14-15-8-4-3-5-9-15/h3-5,8-9H,6-7,10-14H2,1-2H3. The molecular weight excluding hydrogens is 326 g/mol. The van der Waals surface area contributed by atoms with Crippen LogP contribution in [-0.4, -0.2) is 60.6 Å². The fourth-order valence-electron chi connectivity index (χ4n) is 3.87. The van der Waals surface area contributed by atoms with Crippen LogP contribution in [0.15, 0.2) is 30.3 Å². The van der Waals surface area contributed by atoms with E-state index in [9.17, 15) is 13.2 Å². The van der Waals surface area contributed by atoms with Gasteiger partial charge in [0, 0.05) is 33.7 Å². The van der Waals surface area contributed by atoms with Crippen molar-refractivity contribution in [2.45, 2.75) is 37.8 Å². The Kier molecular flexibility index (Phi) is 4.68. The fraction of sp³-hybridized carbons (Fsp3) is 0.588. The van der Waals surface area contributed by atoms with Gasteiger partial charge in [-0.25, -0.2) is 0 Å². The van der Waals surface area contributed by atoms with Crippen LogP contribution in [-0.2, 0) is 21.5 Å². The summed E-state index contributed by atoms with van der Waals surface area (Å²) in [7, 11) is -0.546. The van der Waals surface area contributed by atoms with Crippen LogP contribution in [0.2, 0.25) is 0 Å². The molecule has 132 valence electrons. The van der Waals surface area contributed by atoms with Crippen LogP contribution in [0.1, 0.15) is 31.2 Å². The Morgan fingerprint density at radius 1 is 1.08 bits per heavy atom. The van der Waals surface area contributed by atoms with Crippen LogP contribution in [0.5, 0.6) is 0 Å². The quantitative estimate of drug-likeness (QED) is 0.825. The number of carbonyl (C=O) groups is 1. The molecule has 2 aliphatic rings. The third-order valence-electron chi connectivity index (χ3n) is 5.09. The highest BCUT2D eigenvalue weighted by molar-refractivity contribution is 7.86. The van der Waals surface area contributed by atoms with Crippen LogP contribution in [0.3, 0.4) is 0 Å². The van der Waals surface area contributed by atoms with Gasteiger partial charge in [0.05, 0.1) is 0 Å². The molecule has 1 unspecified atom stereocenters. The fourth-order valence-corrected chi connectivity index (χ4v) is 5.33. The van der Waals surface area contributed by atoms with E-state index < -0.39 is 15.7 Å². The van der Waals surface area contributed by atoms with Crippen molar-refractivity contribution >= 4 is 16.1 Å². The smallest absolute Gasteiger partial charge is 0.282 e. The molecule has 2 aliphatic heterocycles. The van der Waals surface area contributed by atoms with E-state index >= 15 is 0 Å². The molecule has 0 radical (unpaired) electrons. The summed E-state index contributed by atoms with van der Waals surface area (Å²) in [6.45, 7) is 1.65. The maximum absolute atomic E-state index is 13.2. The van der Waals surface area contributed by atoms with Gasteiger partial charge in [0.15, 0.2) is 0 Å². The van der Waals surface area contributed by atoms with E-state index in [1.807, 2.05) is 35.2 Å². The molecule has 24 heavy (non-hydrogen) atoms. The number of likely N-dealkylation sites (tertiary alicyclic amines) is 1. The van der Waals surface area contributed by atoms with E-state index in [0.717, 1.165) is 18.4 Å². The number of nitrogens with zero attached hydrogens (tertiary/aromatic N) is 3. The minimum absolute atomic E-state index is 0.0412. The summed E-state index contributed by atoms with van der Waals surface area (Å²) in [6, 6.07) is 9.86. The van der Waals surface area contributed by atoms with Gasteiger partial charge in [0.25, 0.3) is 10.2 Å². The zero-order chi connectivity index (χ0) is 17.4. The van der Waals surface area contributed by atoms with Gasteiger partial charge in [-0.1, -0.05) is 30.3 Å². The minimum atomic E-state index is -3.59. The first-order valence-corrected chi connectivity index (χ1v) is 9.81. The minimum Gasteiger partial charge on any atom is -0.337 e. The SMILES string of the molecule is CN(C)S(=O)(=O)N1CCCC12CCCN(Cc1ccccc1)C2=O. The van der Waals surface area contributed by atoms with E-state index in [2.05, 4.69) is 0 Å². The van der Waals surface area contributed by atoms with Crippen LogP contribution in [0.25, 0.3) is 0 Å². The highest BCUT2D eigenvalue weighted by Crippen LogP contribution is 2.40. The second kappa shape index (κ2) is 6.46. The average Bonchev–Trinajstić information content (AvgIpc) is 2.98. The normalized spacial score (nSPS) is 25.8. The van der Waals surface area contributed by atoms with Crippen molar-refractivity contribution in [1.29, 1.82) is 0 Å². The predicted octanol–water partition coefficient (Wildman–Crippen LogP) is 1.45. The maximum Gasteiger partial charge on any atom is 0.282 e. The van der Waals surface area contributed by atoms with Crippen molar-refractivity contribution in [3.63, 3.8) is 0 Å². The van der Waals surface area contributed by atoms with E-state index in [1.54, 1.807) is 0 Å². The number of rotatable bonds is 4. The number of piperidine rings is 1. The van der Waals surface area contributed by atoms with E-state index in [-0.39, 0.29) is 5.91 Å². The van der Waals surface area contributed by atoms with E-state index in [0.29, 0.717) is 32.5 Å². The Labute approximate surface area is 144 Å². The van der Waals surface area contributed by atoms with Crippen molar-refractivity contribution in [2.75, 3.05) is 27.2 Å². The average molecular weight is 351 g/mol. The second-order valence-electron chi connectivity index (χ2n) is 6.81. The highest BCUT2D eigenvalue weighted by Gasteiger charge is 2.55. The third-order valence-corrected chi connectivity index (χ3v) is 7.10. The van der Waals surface area contributed by atoms with Gasteiger partial charge in [0.2, 0.25) is 5.91 Å². The molecule has 7 heteroatoms. The number of hydrogen-bond acceptors (Lipinski definition) is 3. The van der Waals surface area contributed by atoms with Gasteiger partial charge in [0.1, 0.15) is 5.54 Å². The largest absolute Gasteiger partial charge is 0.337 e.